The molecule has 1 aliphatic carbocycles. The molecule has 0 spiro atoms. The third-order valence-corrected chi connectivity index (χ3v) is 7.44. The Bertz CT molecular complexity index is 1450. The number of imidazole rings is 1. The average Bonchev–Trinajstić information content (AvgIpc) is 3.26. The maximum Gasteiger partial charge on any atom is 0.410 e. The van der Waals surface area contributed by atoms with Crippen LogP contribution in [0.25, 0.3) is 11.6 Å². The molecule has 40 heavy (non-hydrogen) atoms. The SMILES string of the molecule is CC(=O)NC(C1=Cc2cccnc2[C@@H](N2CCN(C(=O)OC(C)(C)C)CC2)c2ccc(Cl)cc21)c1cncn1C. The predicted octanol–water partition coefficient (Wildman–Crippen LogP) is 4.84. The number of hydrogen-bond donors (Lipinski definition) is 1. The number of pyridine rings is 1. The third-order valence-electron chi connectivity index (χ3n) is 7.20. The minimum atomic E-state index is -0.545. The van der Waals surface area contributed by atoms with Gasteiger partial charge in [-0.3, -0.25) is 14.7 Å². The average molecular weight is 563 g/mol. The second-order valence-electron chi connectivity index (χ2n) is 11.3. The van der Waals surface area contributed by atoms with Gasteiger partial charge >= 0.3 is 6.09 Å². The molecule has 210 valence electrons. The van der Waals surface area contributed by atoms with Crippen LogP contribution in [0.4, 0.5) is 4.79 Å². The third kappa shape index (κ3) is 5.76. The van der Waals surface area contributed by atoms with Gasteiger partial charge in [0, 0.05) is 51.4 Å². The van der Waals surface area contributed by atoms with E-state index < -0.39 is 11.6 Å². The Labute approximate surface area is 239 Å². The molecule has 1 N–H and O–H groups in total. The van der Waals surface area contributed by atoms with Gasteiger partial charge in [0.15, 0.2) is 0 Å². The van der Waals surface area contributed by atoms with E-state index in [2.05, 4.69) is 21.3 Å². The summed E-state index contributed by atoms with van der Waals surface area (Å²) in [7, 11) is 1.91. The van der Waals surface area contributed by atoms with Crippen molar-refractivity contribution in [2.75, 3.05) is 26.2 Å². The van der Waals surface area contributed by atoms with Gasteiger partial charge in [0.1, 0.15) is 5.60 Å². The van der Waals surface area contributed by atoms with Gasteiger partial charge in [-0.05, 0) is 67.3 Å². The first-order valence-corrected chi connectivity index (χ1v) is 13.8. The monoisotopic (exact) mass is 562 g/mol. The number of halogens is 1. The largest absolute Gasteiger partial charge is 0.444 e. The van der Waals surface area contributed by atoms with Crippen LogP contribution in [0.3, 0.4) is 0 Å². The summed E-state index contributed by atoms with van der Waals surface area (Å²) in [4.78, 5) is 38.5. The van der Waals surface area contributed by atoms with E-state index >= 15 is 0 Å². The summed E-state index contributed by atoms with van der Waals surface area (Å²) in [6.07, 6.45) is 7.11. The van der Waals surface area contributed by atoms with Gasteiger partial charge in [0.2, 0.25) is 5.91 Å². The van der Waals surface area contributed by atoms with Gasteiger partial charge < -0.3 is 19.5 Å². The van der Waals surface area contributed by atoms with E-state index in [1.165, 1.54) is 6.92 Å². The number of amides is 2. The van der Waals surface area contributed by atoms with Crippen LogP contribution in [0.2, 0.25) is 5.02 Å². The van der Waals surface area contributed by atoms with E-state index in [4.69, 9.17) is 21.3 Å². The molecule has 2 amide bonds. The highest BCUT2D eigenvalue weighted by atomic mass is 35.5. The Morgan fingerprint density at radius 1 is 1.15 bits per heavy atom. The molecule has 2 aliphatic rings. The number of carbonyl (C=O) groups excluding carboxylic acids is 2. The molecule has 10 heteroatoms. The van der Waals surface area contributed by atoms with Gasteiger partial charge in [0.25, 0.3) is 0 Å². The number of ether oxygens (including phenoxy) is 1. The zero-order valence-corrected chi connectivity index (χ0v) is 24.3. The van der Waals surface area contributed by atoms with Crippen molar-refractivity contribution in [1.29, 1.82) is 0 Å². The molecule has 9 nitrogen and oxygen atoms in total. The summed E-state index contributed by atoms with van der Waals surface area (Å²) in [5.74, 6) is -0.152. The highest BCUT2D eigenvalue weighted by molar-refractivity contribution is 6.30. The second-order valence-corrected chi connectivity index (χ2v) is 11.7. The smallest absolute Gasteiger partial charge is 0.410 e. The van der Waals surface area contributed by atoms with E-state index in [0.29, 0.717) is 31.2 Å². The van der Waals surface area contributed by atoms with Crippen molar-refractivity contribution in [2.24, 2.45) is 7.05 Å². The maximum absolute atomic E-state index is 12.7. The summed E-state index contributed by atoms with van der Waals surface area (Å²) in [6, 6.07) is 9.24. The van der Waals surface area contributed by atoms with Crippen molar-refractivity contribution in [2.45, 2.75) is 45.4 Å². The van der Waals surface area contributed by atoms with Crippen LogP contribution in [0.5, 0.6) is 0 Å². The number of fused-ring (bicyclic) bond motifs is 2. The Balaban J connectivity index is 1.58. The van der Waals surface area contributed by atoms with E-state index in [9.17, 15) is 9.59 Å². The van der Waals surface area contributed by atoms with E-state index in [1.54, 1.807) is 17.4 Å². The lowest BCUT2D eigenvalue weighted by molar-refractivity contribution is -0.119. The molecule has 0 radical (unpaired) electrons. The lowest BCUT2D eigenvalue weighted by Crippen LogP contribution is -2.51. The zero-order chi connectivity index (χ0) is 28.6. The first kappa shape index (κ1) is 27.9. The van der Waals surface area contributed by atoms with E-state index in [1.807, 2.05) is 68.9 Å². The van der Waals surface area contributed by atoms with Gasteiger partial charge in [-0.25, -0.2) is 9.78 Å². The van der Waals surface area contributed by atoms with Crippen LogP contribution >= 0.6 is 11.6 Å². The van der Waals surface area contributed by atoms with E-state index in [-0.39, 0.29) is 18.0 Å². The number of nitrogens with one attached hydrogen (secondary N) is 1. The topological polar surface area (TPSA) is 92.6 Å². The molecule has 5 rings (SSSR count). The molecule has 1 aromatic carbocycles. The molecule has 3 aromatic rings. The predicted molar refractivity (Wildman–Crippen MR) is 155 cm³/mol. The van der Waals surface area contributed by atoms with Crippen LogP contribution in [-0.2, 0) is 16.6 Å². The summed E-state index contributed by atoms with van der Waals surface area (Å²) in [5, 5.41) is 3.74. The molecule has 2 atom stereocenters. The van der Waals surface area contributed by atoms with Crippen molar-refractivity contribution in [3.8, 4) is 0 Å². The van der Waals surface area contributed by atoms with Crippen molar-refractivity contribution in [3.05, 3.63) is 82.2 Å². The zero-order valence-electron chi connectivity index (χ0n) is 23.5. The van der Waals surface area contributed by atoms with Crippen LogP contribution in [0.15, 0.2) is 49.1 Å². The van der Waals surface area contributed by atoms with Crippen molar-refractivity contribution >= 4 is 35.3 Å². The minimum absolute atomic E-state index is 0.152. The number of aryl methyl sites for hydroxylation is 1. The van der Waals surface area contributed by atoms with Crippen molar-refractivity contribution in [3.63, 3.8) is 0 Å². The minimum Gasteiger partial charge on any atom is -0.444 e. The molecule has 3 heterocycles. The Hall–Kier alpha value is -3.69. The Morgan fingerprint density at radius 2 is 1.90 bits per heavy atom. The maximum atomic E-state index is 12.7. The van der Waals surface area contributed by atoms with Gasteiger partial charge in [-0.1, -0.05) is 23.7 Å². The van der Waals surface area contributed by atoms with Crippen LogP contribution in [0.1, 0.15) is 67.9 Å². The highest BCUT2D eigenvalue weighted by Gasteiger charge is 2.36. The molecule has 1 saturated heterocycles. The number of rotatable bonds is 4. The number of carbonyl (C=O) groups is 2. The fraction of sp³-hybridized carbons (Fsp3) is 0.400. The first-order valence-electron chi connectivity index (χ1n) is 13.4. The molecule has 1 aliphatic heterocycles. The summed E-state index contributed by atoms with van der Waals surface area (Å²) >= 11 is 6.59. The van der Waals surface area contributed by atoms with Crippen LogP contribution < -0.4 is 5.32 Å². The molecule has 1 fully saturated rings. The number of nitrogens with zero attached hydrogens (tertiary/aromatic N) is 5. The molecular weight excluding hydrogens is 528 g/mol. The highest BCUT2D eigenvalue weighted by Crippen LogP contribution is 2.44. The lowest BCUT2D eigenvalue weighted by Gasteiger charge is -2.40. The molecule has 0 bridgehead atoms. The van der Waals surface area contributed by atoms with Gasteiger partial charge in [0.05, 0.1) is 36.0 Å². The van der Waals surface area contributed by atoms with Crippen LogP contribution in [0, 0.1) is 0 Å². The molecule has 0 saturated carbocycles. The van der Waals surface area contributed by atoms with Gasteiger partial charge in [-0.15, -0.1) is 0 Å². The Kier molecular flexibility index (Phi) is 7.70. The molecular formula is C30H35ClN6O3. The first-order chi connectivity index (χ1) is 19.0. The van der Waals surface area contributed by atoms with Gasteiger partial charge in [-0.2, -0.15) is 0 Å². The van der Waals surface area contributed by atoms with Crippen LogP contribution in [-0.4, -0.2) is 68.1 Å². The summed E-state index contributed by atoms with van der Waals surface area (Å²) < 4.78 is 7.52. The Morgan fingerprint density at radius 3 is 2.55 bits per heavy atom. The number of piperazine rings is 1. The lowest BCUT2D eigenvalue weighted by atomic mass is 9.89. The summed E-state index contributed by atoms with van der Waals surface area (Å²) in [5.41, 5.74) is 5.06. The fourth-order valence-corrected chi connectivity index (χ4v) is 5.62. The number of aromatic nitrogens is 3. The summed E-state index contributed by atoms with van der Waals surface area (Å²) in [6.45, 7) is 9.52. The second kappa shape index (κ2) is 11.1. The normalized spacial score (nSPS) is 18.2. The number of hydrogen-bond acceptors (Lipinski definition) is 6. The van der Waals surface area contributed by atoms with Crippen molar-refractivity contribution in [1.82, 2.24) is 29.7 Å². The standard InChI is InChI=1S/C30H35ClN6O3/c1-19(38)34-27(25-17-32-18-35(25)5)24-15-20-7-6-10-33-26(20)28(22-9-8-21(31)16-23(22)24)36-11-13-37(14-12-36)29(39)40-30(2,3)4/h6-10,15-18,27-28H,11-14H2,1-5H3,(H,34,38)/t27?,28-/m0/s1. The van der Waals surface area contributed by atoms with Crippen molar-refractivity contribution < 1.29 is 14.3 Å². The van der Waals surface area contributed by atoms with E-state index in [0.717, 1.165) is 33.7 Å². The molecule has 1 unspecified atom stereocenters. The quantitative estimate of drug-likeness (QED) is 0.489. The fourth-order valence-electron chi connectivity index (χ4n) is 5.45. The molecule has 2 aromatic heterocycles. The number of benzene rings is 1.